The number of thiocarbonyl (C=S) groups is 1. The van der Waals surface area contributed by atoms with Crippen molar-refractivity contribution >= 4 is 51.8 Å². The number of anilines is 1. The van der Waals surface area contributed by atoms with E-state index in [1.54, 1.807) is 0 Å². The number of carbonyl (C=O) groups excluding carboxylic acids is 1. The summed E-state index contributed by atoms with van der Waals surface area (Å²) in [7, 11) is 1.98. The standard InChI is InChI=1S/C38H50N6O6S2/c1-3-5-28-10-14-34(15-11-28)52-37(49)16-20-50-21-17-39-38(51)41-30-12-8-29(9-13-30)22-33-25-43(26-35(45)46)19-18-42(2)23-31-6-4-7-32(40-31)24-44(33)27-36(47)48/h4,6-15,33H,3,5,16-27H2,1-2H3,(H,45,46)(H,47,48)(H2,39,41,51). The number of carboxylic acids is 2. The maximum Gasteiger partial charge on any atom is 0.317 e. The van der Waals surface area contributed by atoms with Crippen molar-refractivity contribution in [1.29, 1.82) is 0 Å². The molecule has 0 aliphatic carbocycles. The van der Waals surface area contributed by atoms with E-state index in [-0.39, 0.29) is 24.2 Å². The zero-order valence-electron chi connectivity index (χ0n) is 30.0. The first-order valence-corrected chi connectivity index (χ1v) is 18.8. The van der Waals surface area contributed by atoms with Crippen LogP contribution in [0.5, 0.6) is 0 Å². The maximum atomic E-state index is 12.3. The molecule has 0 amide bonds. The lowest BCUT2D eigenvalue weighted by molar-refractivity contribution is -0.141. The van der Waals surface area contributed by atoms with Crippen LogP contribution >= 0.6 is 24.0 Å². The summed E-state index contributed by atoms with van der Waals surface area (Å²) < 4.78 is 5.64. The SMILES string of the molecule is CCCc1ccc(SC(=O)CCOCCNC(=S)Nc2ccc(CC3CN(CC(=O)O)CCN(C)Cc4cccc(n4)CN3CC(=O)O)cc2)cc1. The highest BCUT2D eigenvalue weighted by Gasteiger charge is 2.26. The second-order valence-electron chi connectivity index (χ2n) is 13.0. The number of fused-ring (bicyclic) bond motifs is 2. The molecule has 2 bridgehead atoms. The van der Waals surface area contributed by atoms with Crippen LogP contribution in [0.1, 0.15) is 42.3 Å². The number of ether oxygens (including phenoxy) is 1. The van der Waals surface area contributed by atoms with E-state index in [0.717, 1.165) is 40.4 Å². The van der Waals surface area contributed by atoms with Gasteiger partial charge < -0.3 is 25.6 Å². The van der Waals surface area contributed by atoms with Crippen molar-refractivity contribution in [2.24, 2.45) is 0 Å². The quantitative estimate of drug-likeness (QED) is 0.0933. The first kappa shape index (κ1) is 40.8. The van der Waals surface area contributed by atoms with Gasteiger partial charge in [-0.25, -0.2) is 0 Å². The largest absolute Gasteiger partial charge is 0.480 e. The van der Waals surface area contributed by atoms with Gasteiger partial charge in [0.25, 0.3) is 0 Å². The summed E-state index contributed by atoms with van der Waals surface area (Å²) >= 11 is 6.70. The molecule has 14 heteroatoms. The van der Waals surface area contributed by atoms with Crippen LogP contribution in [-0.2, 0) is 45.1 Å². The summed E-state index contributed by atoms with van der Waals surface area (Å²) in [5, 5.41) is 26.3. The summed E-state index contributed by atoms with van der Waals surface area (Å²) in [4.78, 5) is 47.8. The van der Waals surface area contributed by atoms with Gasteiger partial charge in [-0.1, -0.05) is 55.4 Å². The lowest BCUT2D eigenvalue weighted by Crippen LogP contribution is -2.49. The van der Waals surface area contributed by atoms with Gasteiger partial charge in [0.1, 0.15) is 0 Å². The van der Waals surface area contributed by atoms with Gasteiger partial charge in [-0.05, 0) is 79.6 Å². The topological polar surface area (TPSA) is 148 Å². The van der Waals surface area contributed by atoms with Crippen molar-refractivity contribution in [3.63, 3.8) is 0 Å². The zero-order valence-corrected chi connectivity index (χ0v) is 31.6. The molecule has 1 atom stereocenters. The van der Waals surface area contributed by atoms with E-state index in [2.05, 4.69) is 34.6 Å². The first-order valence-electron chi connectivity index (χ1n) is 17.6. The van der Waals surface area contributed by atoms with E-state index in [4.69, 9.17) is 21.9 Å². The number of aromatic nitrogens is 1. The minimum Gasteiger partial charge on any atom is -0.480 e. The third-order valence-electron chi connectivity index (χ3n) is 8.50. The summed E-state index contributed by atoms with van der Waals surface area (Å²) in [6.07, 6.45) is 2.96. The molecule has 0 saturated carbocycles. The molecule has 0 saturated heterocycles. The van der Waals surface area contributed by atoms with Gasteiger partial charge in [0.2, 0.25) is 0 Å². The Morgan fingerprint density at radius 2 is 1.62 bits per heavy atom. The number of thioether (sulfide) groups is 1. The van der Waals surface area contributed by atoms with Crippen LogP contribution in [0.3, 0.4) is 0 Å². The molecule has 4 N–H and O–H groups in total. The lowest BCUT2D eigenvalue weighted by atomic mass is 10.0. The molecule has 1 aromatic heterocycles. The Morgan fingerprint density at radius 3 is 2.31 bits per heavy atom. The minimum absolute atomic E-state index is 0.0648. The number of pyridine rings is 1. The summed E-state index contributed by atoms with van der Waals surface area (Å²) in [6.45, 7) is 5.48. The Hall–Kier alpha value is -3.92. The van der Waals surface area contributed by atoms with Crippen molar-refractivity contribution in [3.8, 4) is 0 Å². The first-order chi connectivity index (χ1) is 25.1. The zero-order chi connectivity index (χ0) is 37.3. The third kappa shape index (κ3) is 15.0. The molecule has 0 spiro atoms. The Kier molecular flexibility index (Phi) is 16.9. The highest BCUT2D eigenvalue weighted by Crippen LogP contribution is 2.21. The lowest BCUT2D eigenvalue weighted by Gasteiger charge is -2.35. The number of likely N-dealkylation sites (N-methyl/N-ethyl adjacent to an activating group) is 1. The van der Waals surface area contributed by atoms with Crippen molar-refractivity contribution in [2.75, 3.05) is 64.8 Å². The Bertz CT molecular complexity index is 1610. The Morgan fingerprint density at radius 1 is 0.923 bits per heavy atom. The molecule has 1 unspecified atom stereocenters. The van der Waals surface area contributed by atoms with Gasteiger partial charge in [0.05, 0.1) is 37.7 Å². The van der Waals surface area contributed by atoms with Crippen molar-refractivity contribution in [1.82, 2.24) is 25.0 Å². The van der Waals surface area contributed by atoms with Crippen LogP contribution in [0, 0.1) is 0 Å². The normalized spacial score (nSPS) is 16.0. The number of hydrogen-bond donors (Lipinski definition) is 4. The van der Waals surface area contributed by atoms with Gasteiger partial charge in [0, 0.05) is 62.3 Å². The molecule has 280 valence electrons. The van der Waals surface area contributed by atoms with E-state index < -0.39 is 11.9 Å². The van der Waals surface area contributed by atoms with Crippen molar-refractivity contribution in [3.05, 3.63) is 89.2 Å². The van der Waals surface area contributed by atoms with Gasteiger partial charge in [-0.2, -0.15) is 0 Å². The third-order valence-corrected chi connectivity index (χ3v) is 9.69. The van der Waals surface area contributed by atoms with E-state index in [0.29, 0.717) is 70.4 Å². The number of carbonyl (C=O) groups is 3. The second-order valence-corrected chi connectivity index (χ2v) is 14.5. The Labute approximate surface area is 315 Å². The van der Waals surface area contributed by atoms with Gasteiger partial charge in [-0.3, -0.25) is 34.1 Å². The smallest absolute Gasteiger partial charge is 0.317 e. The molecule has 0 fully saturated rings. The molecule has 1 aliphatic rings. The molecule has 3 aromatic rings. The fraction of sp³-hybridized carbons (Fsp3) is 0.447. The van der Waals surface area contributed by atoms with E-state index in [1.165, 1.54) is 17.3 Å². The molecule has 1 aliphatic heterocycles. The number of nitrogens with zero attached hydrogens (tertiary/aromatic N) is 4. The van der Waals surface area contributed by atoms with Crippen molar-refractivity contribution < 1.29 is 29.3 Å². The van der Waals surface area contributed by atoms with Crippen LogP contribution < -0.4 is 10.6 Å². The molecule has 2 heterocycles. The average Bonchev–Trinajstić information content (AvgIpc) is 3.09. The van der Waals surface area contributed by atoms with Crippen LogP contribution in [0.15, 0.2) is 71.6 Å². The van der Waals surface area contributed by atoms with Crippen LogP contribution in [0.4, 0.5) is 5.69 Å². The number of benzene rings is 2. The number of rotatable bonds is 16. The number of carboxylic acid groups (broad SMARTS) is 2. The molecule has 52 heavy (non-hydrogen) atoms. The van der Waals surface area contributed by atoms with Crippen LogP contribution in [0.25, 0.3) is 0 Å². The summed E-state index contributed by atoms with van der Waals surface area (Å²) in [5.74, 6) is -1.88. The molecule has 12 nitrogen and oxygen atoms in total. The number of aliphatic carboxylic acids is 2. The number of aryl methyl sites for hydroxylation is 1. The highest BCUT2D eigenvalue weighted by atomic mass is 32.2. The summed E-state index contributed by atoms with van der Waals surface area (Å²) in [6, 6.07) is 21.4. The fourth-order valence-corrected chi connectivity index (χ4v) is 6.90. The monoisotopic (exact) mass is 750 g/mol. The number of hydrogen-bond acceptors (Lipinski definition) is 10. The van der Waals surface area contributed by atoms with Crippen molar-refractivity contribution in [2.45, 2.75) is 56.6 Å². The van der Waals surface area contributed by atoms with E-state index in [1.807, 2.05) is 71.4 Å². The highest BCUT2D eigenvalue weighted by molar-refractivity contribution is 8.13. The molecular weight excluding hydrogens is 701 g/mol. The van der Waals surface area contributed by atoms with Gasteiger partial charge in [0.15, 0.2) is 10.2 Å². The van der Waals surface area contributed by atoms with E-state index in [9.17, 15) is 24.6 Å². The maximum absolute atomic E-state index is 12.3. The predicted octanol–water partition coefficient (Wildman–Crippen LogP) is 4.38. The van der Waals surface area contributed by atoms with Gasteiger partial charge in [-0.15, -0.1) is 0 Å². The number of nitrogens with one attached hydrogen (secondary N) is 2. The molecular formula is C38H50N6O6S2. The molecule has 0 radical (unpaired) electrons. The second kappa shape index (κ2) is 21.6. The van der Waals surface area contributed by atoms with Crippen LogP contribution in [-0.4, -0.2) is 118 Å². The Balaban J connectivity index is 1.28. The van der Waals surface area contributed by atoms with Crippen LogP contribution in [0.2, 0.25) is 0 Å². The predicted molar refractivity (Wildman–Crippen MR) is 208 cm³/mol. The fourth-order valence-electron chi connectivity index (χ4n) is 5.96. The molecule has 2 aromatic carbocycles. The summed E-state index contributed by atoms with van der Waals surface area (Å²) in [5.41, 5.74) is 4.68. The van der Waals surface area contributed by atoms with E-state index >= 15 is 0 Å². The molecule has 4 rings (SSSR count). The van der Waals surface area contributed by atoms with Gasteiger partial charge >= 0.3 is 11.9 Å². The minimum atomic E-state index is -0.958. The average molecular weight is 751 g/mol.